The van der Waals surface area contributed by atoms with Crippen molar-refractivity contribution in [3.8, 4) is 16.9 Å². The molecule has 0 radical (unpaired) electrons. The van der Waals surface area contributed by atoms with Gasteiger partial charge in [-0.1, -0.05) is 62.6 Å². The molecule has 1 unspecified atom stereocenters. The monoisotopic (exact) mass is 492 g/mol. The quantitative estimate of drug-likeness (QED) is 0.195. The van der Waals surface area contributed by atoms with Crippen LogP contribution in [0.1, 0.15) is 68.6 Å². The van der Waals surface area contributed by atoms with Gasteiger partial charge in [0.05, 0.1) is 6.61 Å². The lowest BCUT2D eigenvalue weighted by Crippen LogP contribution is -2.40. The number of amides is 1. The van der Waals surface area contributed by atoms with Crippen LogP contribution in [0, 0.1) is 0 Å². The van der Waals surface area contributed by atoms with Crippen molar-refractivity contribution in [3.05, 3.63) is 84.2 Å². The Morgan fingerprint density at radius 3 is 2.31 bits per heavy atom. The fourth-order valence-electron chi connectivity index (χ4n) is 3.80. The van der Waals surface area contributed by atoms with Crippen LogP contribution in [0.2, 0.25) is 0 Å². The number of carbonyl (C=O) groups is 2. The molecule has 2 N–H and O–H groups in total. The molecule has 0 fully saturated rings. The van der Waals surface area contributed by atoms with E-state index in [0.717, 1.165) is 24.0 Å². The number of hydrogen-bond acceptors (Lipinski definition) is 5. The molecule has 1 amide bonds. The zero-order valence-electron chi connectivity index (χ0n) is 21.2. The minimum absolute atomic E-state index is 0.205. The number of aromatic nitrogens is 1. The summed E-state index contributed by atoms with van der Waals surface area (Å²) in [5.74, 6) is 0.389. The highest BCUT2D eigenvalue weighted by molar-refractivity contribution is 5.95. The number of ether oxygens (including phenoxy) is 1. The largest absolute Gasteiger partial charge is 0.493 e. The summed E-state index contributed by atoms with van der Waals surface area (Å²) < 4.78 is 5.98. The van der Waals surface area contributed by atoms with E-state index >= 15 is 0 Å². The Hall–Kier alpha value is -3.71. The SMILES string of the molecule is CCCCCCOc1ccccc1C(O)N(C(=O)c1ccc(-c2cccnc2)cc1)C(C)C.O=CO. The van der Waals surface area contributed by atoms with E-state index in [4.69, 9.17) is 14.6 Å². The van der Waals surface area contributed by atoms with Crippen LogP contribution in [0.4, 0.5) is 0 Å². The Labute approximate surface area is 213 Å². The first kappa shape index (κ1) is 28.5. The average Bonchev–Trinajstić information content (AvgIpc) is 2.89. The molecule has 1 aromatic heterocycles. The number of benzene rings is 2. The van der Waals surface area contributed by atoms with Crippen molar-refractivity contribution in [2.45, 2.75) is 58.7 Å². The van der Waals surface area contributed by atoms with E-state index in [2.05, 4.69) is 11.9 Å². The zero-order valence-corrected chi connectivity index (χ0v) is 21.2. The van der Waals surface area contributed by atoms with E-state index in [1.165, 1.54) is 17.7 Å². The second-order valence-corrected chi connectivity index (χ2v) is 8.55. The molecule has 0 saturated carbocycles. The number of unbranched alkanes of at least 4 members (excludes halogenated alkanes) is 3. The van der Waals surface area contributed by atoms with Gasteiger partial charge in [0.15, 0.2) is 6.23 Å². The average molecular weight is 493 g/mol. The second kappa shape index (κ2) is 15.3. The van der Waals surface area contributed by atoms with Gasteiger partial charge < -0.3 is 19.8 Å². The molecule has 1 atom stereocenters. The molecule has 0 bridgehead atoms. The molecule has 192 valence electrons. The Morgan fingerprint density at radius 1 is 1.00 bits per heavy atom. The topological polar surface area (TPSA) is 100.0 Å². The summed E-state index contributed by atoms with van der Waals surface area (Å²) >= 11 is 0. The van der Waals surface area contributed by atoms with Gasteiger partial charge in [0.25, 0.3) is 12.4 Å². The molecule has 2 aromatic carbocycles. The van der Waals surface area contributed by atoms with Crippen LogP contribution < -0.4 is 4.74 Å². The third-order valence-electron chi connectivity index (χ3n) is 5.63. The van der Waals surface area contributed by atoms with Crippen molar-refractivity contribution in [1.29, 1.82) is 0 Å². The summed E-state index contributed by atoms with van der Waals surface area (Å²) in [6.07, 6.45) is 6.85. The third kappa shape index (κ3) is 8.20. The van der Waals surface area contributed by atoms with Gasteiger partial charge in [-0.15, -0.1) is 0 Å². The number of hydrogen-bond donors (Lipinski definition) is 2. The Kier molecular flexibility index (Phi) is 12.1. The van der Waals surface area contributed by atoms with E-state index < -0.39 is 6.23 Å². The number of pyridine rings is 1. The normalized spacial score (nSPS) is 11.2. The standard InChI is InChI=1S/C28H34N2O3.CH2O2/c1-4-5-6-9-19-33-26-13-8-7-12-25(26)28(32)30(21(2)3)27(31)23-16-14-22(15-17-23)24-11-10-18-29-20-24;2-1-3/h7-8,10-18,20-21,28,32H,4-6,9,19H2,1-3H3;1H,(H,2,3). The van der Waals surface area contributed by atoms with Gasteiger partial charge in [0, 0.05) is 29.6 Å². The first-order valence-electron chi connectivity index (χ1n) is 12.2. The molecular weight excluding hydrogens is 456 g/mol. The first-order chi connectivity index (χ1) is 17.4. The molecule has 0 spiro atoms. The van der Waals surface area contributed by atoms with Gasteiger partial charge in [0.1, 0.15) is 5.75 Å². The van der Waals surface area contributed by atoms with Crippen molar-refractivity contribution in [3.63, 3.8) is 0 Å². The van der Waals surface area contributed by atoms with Crippen molar-refractivity contribution in [2.24, 2.45) is 0 Å². The molecule has 0 aliphatic carbocycles. The van der Waals surface area contributed by atoms with Crippen LogP contribution in [0.5, 0.6) is 5.75 Å². The summed E-state index contributed by atoms with van der Waals surface area (Å²) in [5, 5.41) is 18.1. The Bertz CT molecular complexity index is 1050. The van der Waals surface area contributed by atoms with E-state index in [0.29, 0.717) is 23.5 Å². The zero-order chi connectivity index (χ0) is 26.3. The molecule has 3 aromatic rings. The number of aliphatic hydroxyl groups is 1. The molecule has 0 aliphatic rings. The van der Waals surface area contributed by atoms with Crippen molar-refractivity contribution in [2.75, 3.05) is 6.61 Å². The van der Waals surface area contributed by atoms with Gasteiger partial charge >= 0.3 is 0 Å². The summed E-state index contributed by atoms with van der Waals surface area (Å²) in [6, 6.07) is 18.5. The summed E-state index contributed by atoms with van der Waals surface area (Å²) in [6.45, 7) is 6.32. The molecule has 0 aliphatic heterocycles. The third-order valence-corrected chi connectivity index (χ3v) is 5.63. The number of carbonyl (C=O) groups excluding carboxylic acids is 1. The van der Waals surface area contributed by atoms with Gasteiger partial charge in [-0.05, 0) is 55.7 Å². The van der Waals surface area contributed by atoms with Gasteiger partial charge in [-0.3, -0.25) is 14.6 Å². The van der Waals surface area contributed by atoms with Gasteiger partial charge in [0.2, 0.25) is 0 Å². The Morgan fingerprint density at radius 2 is 1.69 bits per heavy atom. The summed E-state index contributed by atoms with van der Waals surface area (Å²) in [7, 11) is 0. The van der Waals surface area contributed by atoms with Gasteiger partial charge in [-0.2, -0.15) is 0 Å². The van der Waals surface area contributed by atoms with E-state index in [1.54, 1.807) is 24.5 Å². The molecule has 3 rings (SSSR count). The molecular formula is C29H36N2O5. The lowest BCUT2D eigenvalue weighted by molar-refractivity contribution is -0.122. The fraction of sp³-hybridized carbons (Fsp3) is 0.345. The minimum Gasteiger partial charge on any atom is -0.493 e. The second-order valence-electron chi connectivity index (χ2n) is 8.55. The van der Waals surface area contributed by atoms with Crippen LogP contribution in [-0.2, 0) is 4.79 Å². The summed E-state index contributed by atoms with van der Waals surface area (Å²) in [4.78, 5) is 27.4. The van der Waals surface area contributed by atoms with Crippen LogP contribution >= 0.6 is 0 Å². The number of rotatable bonds is 11. The highest BCUT2D eigenvalue weighted by Crippen LogP contribution is 2.31. The van der Waals surface area contributed by atoms with Crippen molar-refractivity contribution in [1.82, 2.24) is 9.88 Å². The van der Waals surface area contributed by atoms with Crippen molar-refractivity contribution >= 4 is 12.4 Å². The molecule has 0 saturated heterocycles. The highest BCUT2D eigenvalue weighted by atomic mass is 16.5. The van der Waals surface area contributed by atoms with Crippen LogP contribution in [0.3, 0.4) is 0 Å². The van der Waals surface area contributed by atoms with E-state index in [-0.39, 0.29) is 18.4 Å². The smallest absolute Gasteiger partial charge is 0.290 e. The number of para-hydroxylation sites is 1. The van der Waals surface area contributed by atoms with E-state index in [1.807, 2.05) is 62.4 Å². The molecule has 36 heavy (non-hydrogen) atoms. The van der Waals surface area contributed by atoms with Crippen molar-refractivity contribution < 1.29 is 24.5 Å². The lowest BCUT2D eigenvalue weighted by Gasteiger charge is -2.32. The highest BCUT2D eigenvalue weighted by Gasteiger charge is 2.28. The number of carboxylic acid groups (broad SMARTS) is 1. The number of nitrogens with zero attached hydrogens (tertiary/aromatic N) is 2. The van der Waals surface area contributed by atoms with Gasteiger partial charge in [-0.25, -0.2) is 0 Å². The minimum atomic E-state index is -1.11. The predicted octanol–water partition coefficient (Wildman–Crippen LogP) is 5.95. The van der Waals surface area contributed by atoms with Crippen LogP contribution in [0.15, 0.2) is 73.1 Å². The maximum absolute atomic E-state index is 13.4. The maximum Gasteiger partial charge on any atom is 0.290 e. The lowest BCUT2D eigenvalue weighted by atomic mass is 10.0. The van der Waals surface area contributed by atoms with Crippen LogP contribution in [-0.4, -0.2) is 45.1 Å². The maximum atomic E-state index is 13.4. The molecule has 1 heterocycles. The number of aliphatic hydroxyl groups excluding tert-OH is 1. The molecule has 7 nitrogen and oxygen atoms in total. The van der Waals surface area contributed by atoms with Crippen LogP contribution in [0.25, 0.3) is 11.1 Å². The fourth-order valence-corrected chi connectivity index (χ4v) is 3.80. The summed E-state index contributed by atoms with van der Waals surface area (Å²) in [5.41, 5.74) is 3.09. The molecule has 7 heteroatoms. The predicted molar refractivity (Wildman–Crippen MR) is 141 cm³/mol. The Balaban J connectivity index is 0.00000145. The van der Waals surface area contributed by atoms with E-state index in [9.17, 15) is 9.90 Å². The first-order valence-corrected chi connectivity index (χ1v) is 12.2.